The van der Waals surface area contributed by atoms with Gasteiger partial charge in [-0.2, -0.15) is 14.9 Å². The first-order valence-corrected chi connectivity index (χ1v) is 7.33. The number of benzene rings is 1. The second kappa shape index (κ2) is 6.11. The maximum atomic E-state index is 5.23. The molecule has 1 aromatic carbocycles. The number of pyridine rings is 1. The van der Waals surface area contributed by atoms with Crippen molar-refractivity contribution in [2.24, 2.45) is 5.10 Å². The SMILES string of the molecule is S=c1[nH]nc(-c2ccccc2Br)n1/N=C/c1ccccn1. The third kappa shape index (κ3) is 2.98. The molecular formula is C14H10BrN5S. The normalized spacial score (nSPS) is 11.1. The topological polar surface area (TPSA) is 58.9 Å². The highest BCUT2D eigenvalue weighted by Crippen LogP contribution is 2.26. The van der Waals surface area contributed by atoms with Crippen molar-refractivity contribution in [3.63, 3.8) is 0 Å². The van der Waals surface area contributed by atoms with E-state index in [-0.39, 0.29) is 0 Å². The Morgan fingerprint density at radius 1 is 1.19 bits per heavy atom. The molecule has 0 amide bonds. The van der Waals surface area contributed by atoms with Crippen molar-refractivity contribution in [3.05, 3.63) is 63.6 Å². The van der Waals surface area contributed by atoms with Crippen LogP contribution in [0, 0.1) is 4.77 Å². The molecular weight excluding hydrogens is 350 g/mol. The number of aromatic amines is 1. The molecule has 1 N–H and O–H groups in total. The molecule has 2 heterocycles. The van der Waals surface area contributed by atoms with Crippen molar-refractivity contribution in [2.75, 3.05) is 0 Å². The molecule has 0 aliphatic heterocycles. The molecule has 0 bridgehead atoms. The number of nitrogens with one attached hydrogen (secondary N) is 1. The predicted molar refractivity (Wildman–Crippen MR) is 87.8 cm³/mol. The van der Waals surface area contributed by atoms with E-state index in [1.54, 1.807) is 17.1 Å². The van der Waals surface area contributed by atoms with Gasteiger partial charge in [0.25, 0.3) is 0 Å². The van der Waals surface area contributed by atoms with Gasteiger partial charge in [0.2, 0.25) is 4.77 Å². The van der Waals surface area contributed by atoms with E-state index in [9.17, 15) is 0 Å². The Morgan fingerprint density at radius 2 is 2.00 bits per heavy atom. The second-order valence-electron chi connectivity index (χ2n) is 4.14. The first-order chi connectivity index (χ1) is 10.3. The van der Waals surface area contributed by atoms with Crippen LogP contribution in [0.15, 0.2) is 58.2 Å². The largest absolute Gasteiger partial charge is 0.255 e. The standard InChI is InChI=1S/C14H10BrN5S/c15-12-7-2-1-6-11(12)13-18-19-14(21)20(13)17-9-10-5-3-4-8-16-10/h1-9H,(H,19,21)/b17-9+. The van der Waals surface area contributed by atoms with Gasteiger partial charge in [0, 0.05) is 16.2 Å². The van der Waals surface area contributed by atoms with Crippen molar-refractivity contribution in [2.45, 2.75) is 0 Å². The molecule has 3 aromatic rings. The minimum absolute atomic E-state index is 0.424. The van der Waals surface area contributed by atoms with Crippen LogP contribution in [0.4, 0.5) is 0 Å². The molecule has 0 fully saturated rings. The molecule has 0 aliphatic rings. The smallest absolute Gasteiger partial charge is 0.216 e. The van der Waals surface area contributed by atoms with E-state index in [2.05, 4.69) is 36.2 Å². The highest BCUT2D eigenvalue weighted by atomic mass is 79.9. The molecule has 104 valence electrons. The quantitative estimate of drug-likeness (QED) is 0.573. The van der Waals surface area contributed by atoms with Gasteiger partial charge >= 0.3 is 0 Å². The fraction of sp³-hybridized carbons (Fsp3) is 0. The van der Waals surface area contributed by atoms with Crippen LogP contribution in [-0.4, -0.2) is 26.1 Å². The first kappa shape index (κ1) is 13.8. The Morgan fingerprint density at radius 3 is 2.76 bits per heavy atom. The van der Waals surface area contributed by atoms with Gasteiger partial charge in [-0.05, 0) is 36.5 Å². The number of rotatable bonds is 3. The third-order valence-electron chi connectivity index (χ3n) is 2.76. The molecule has 5 nitrogen and oxygen atoms in total. The lowest BCUT2D eigenvalue weighted by molar-refractivity contribution is 0.870. The van der Waals surface area contributed by atoms with E-state index in [1.165, 1.54) is 0 Å². The number of H-pyrrole nitrogens is 1. The van der Waals surface area contributed by atoms with Crippen LogP contribution in [0.5, 0.6) is 0 Å². The van der Waals surface area contributed by atoms with E-state index in [0.29, 0.717) is 10.6 Å². The summed E-state index contributed by atoms with van der Waals surface area (Å²) in [6.45, 7) is 0. The van der Waals surface area contributed by atoms with Gasteiger partial charge < -0.3 is 0 Å². The highest BCUT2D eigenvalue weighted by Gasteiger charge is 2.10. The Balaban J connectivity index is 2.05. The molecule has 0 radical (unpaired) electrons. The lowest BCUT2D eigenvalue weighted by Gasteiger charge is -2.02. The average molecular weight is 360 g/mol. The minimum atomic E-state index is 0.424. The number of hydrogen-bond acceptors (Lipinski definition) is 4. The maximum Gasteiger partial charge on any atom is 0.216 e. The van der Waals surface area contributed by atoms with Crippen LogP contribution in [0.3, 0.4) is 0 Å². The van der Waals surface area contributed by atoms with Gasteiger partial charge in [0.1, 0.15) is 0 Å². The van der Waals surface area contributed by atoms with Gasteiger partial charge in [-0.25, -0.2) is 5.10 Å². The Kier molecular flexibility index (Phi) is 4.03. The Labute approximate surface area is 134 Å². The number of halogens is 1. The van der Waals surface area contributed by atoms with Crippen molar-refractivity contribution < 1.29 is 0 Å². The summed E-state index contributed by atoms with van der Waals surface area (Å²) in [6, 6.07) is 13.4. The van der Waals surface area contributed by atoms with Crippen LogP contribution >= 0.6 is 28.1 Å². The molecule has 0 unspecified atom stereocenters. The molecule has 0 saturated heterocycles. The van der Waals surface area contributed by atoms with Crippen LogP contribution in [0.25, 0.3) is 11.4 Å². The molecule has 3 rings (SSSR count). The molecule has 0 spiro atoms. The van der Waals surface area contributed by atoms with Gasteiger partial charge in [-0.1, -0.05) is 34.1 Å². The maximum absolute atomic E-state index is 5.23. The molecule has 0 aliphatic carbocycles. The number of aromatic nitrogens is 4. The van der Waals surface area contributed by atoms with E-state index >= 15 is 0 Å². The van der Waals surface area contributed by atoms with Crippen LogP contribution in [0.2, 0.25) is 0 Å². The molecule has 2 aromatic heterocycles. The zero-order chi connectivity index (χ0) is 14.7. The van der Waals surface area contributed by atoms with Crippen molar-refractivity contribution >= 4 is 34.4 Å². The summed E-state index contributed by atoms with van der Waals surface area (Å²) in [6.07, 6.45) is 3.36. The van der Waals surface area contributed by atoms with Crippen LogP contribution in [0.1, 0.15) is 5.69 Å². The van der Waals surface area contributed by atoms with Gasteiger partial charge in [0.15, 0.2) is 5.82 Å². The van der Waals surface area contributed by atoms with Gasteiger partial charge in [-0.15, -0.1) is 0 Å². The van der Waals surface area contributed by atoms with Crippen LogP contribution < -0.4 is 0 Å². The molecule has 0 saturated carbocycles. The third-order valence-corrected chi connectivity index (χ3v) is 3.71. The number of nitrogens with zero attached hydrogens (tertiary/aromatic N) is 4. The highest BCUT2D eigenvalue weighted by molar-refractivity contribution is 9.10. The van der Waals surface area contributed by atoms with Gasteiger partial charge in [-0.3, -0.25) is 4.98 Å². The monoisotopic (exact) mass is 359 g/mol. The van der Waals surface area contributed by atoms with E-state index in [4.69, 9.17) is 12.2 Å². The van der Waals surface area contributed by atoms with Crippen LogP contribution in [-0.2, 0) is 0 Å². The fourth-order valence-corrected chi connectivity index (χ4v) is 2.43. The summed E-state index contributed by atoms with van der Waals surface area (Å²) in [5, 5.41) is 11.4. The molecule has 21 heavy (non-hydrogen) atoms. The number of hydrogen-bond donors (Lipinski definition) is 1. The zero-order valence-electron chi connectivity index (χ0n) is 10.8. The lowest BCUT2D eigenvalue weighted by atomic mass is 10.2. The Hall–Kier alpha value is -2.12. The van der Waals surface area contributed by atoms with Crippen molar-refractivity contribution in [1.29, 1.82) is 0 Å². The second-order valence-corrected chi connectivity index (χ2v) is 5.38. The van der Waals surface area contributed by atoms with Crippen molar-refractivity contribution in [3.8, 4) is 11.4 Å². The van der Waals surface area contributed by atoms with Crippen molar-refractivity contribution in [1.82, 2.24) is 19.9 Å². The average Bonchev–Trinajstić information content (AvgIpc) is 2.88. The molecule has 7 heteroatoms. The van der Waals surface area contributed by atoms with E-state index in [0.717, 1.165) is 15.7 Å². The van der Waals surface area contributed by atoms with Gasteiger partial charge in [0.05, 0.1) is 11.9 Å². The summed E-state index contributed by atoms with van der Waals surface area (Å²) in [7, 11) is 0. The van der Waals surface area contributed by atoms with E-state index in [1.807, 2.05) is 42.5 Å². The summed E-state index contributed by atoms with van der Waals surface area (Å²) in [5.74, 6) is 0.639. The summed E-state index contributed by atoms with van der Waals surface area (Å²) in [4.78, 5) is 4.19. The minimum Gasteiger partial charge on any atom is -0.255 e. The lowest BCUT2D eigenvalue weighted by Crippen LogP contribution is -1.96. The summed E-state index contributed by atoms with van der Waals surface area (Å²) >= 11 is 8.73. The summed E-state index contributed by atoms with van der Waals surface area (Å²) < 4.78 is 2.92. The fourth-order valence-electron chi connectivity index (χ4n) is 1.78. The van der Waals surface area contributed by atoms with E-state index < -0.39 is 0 Å². The molecule has 0 atom stereocenters. The predicted octanol–water partition coefficient (Wildman–Crippen LogP) is 3.65. The first-order valence-electron chi connectivity index (χ1n) is 6.13. The zero-order valence-corrected chi connectivity index (χ0v) is 13.2. The Bertz CT molecular complexity index is 838. The summed E-state index contributed by atoms with van der Waals surface area (Å²) in [5.41, 5.74) is 1.65.